The largest absolute Gasteiger partial charge is 0.508 e. The van der Waals surface area contributed by atoms with Gasteiger partial charge in [0.1, 0.15) is 5.75 Å². The smallest absolute Gasteiger partial charge is 0.226 e. The maximum absolute atomic E-state index is 11.5. The van der Waals surface area contributed by atoms with Crippen LogP contribution in [0.15, 0.2) is 24.3 Å². The fourth-order valence-corrected chi connectivity index (χ4v) is 1.16. The van der Waals surface area contributed by atoms with Crippen molar-refractivity contribution in [1.82, 2.24) is 0 Å². The fourth-order valence-electron chi connectivity index (χ4n) is 1.16. The summed E-state index contributed by atoms with van der Waals surface area (Å²) >= 11 is 0. The third kappa shape index (κ3) is 4.46. The predicted molar refractivity (Wildman–Crippen MR) is 59.6 cm³/mol. The van der Waals surface area contributed by atoms with Crippen molar-refractivity contribution in [1.29, 1.82) is 0 Å². The minimum Gasteiger partial charge on any atom is -0.508 e. The number of hydrogen-bond donors (Lipinski definition) is 3. The number of nitrogens with two attached hydrogens (primary N) is 1. The lowest BCUT2D eigenvalue weighted by Crippen LogP contribution is -2.36. The molecule has 0 fully saturated rings. The van der Waals surface area contributed by atoms with E-state index in [0.717, 1.165) is 0 Å². The topological polar surface area (TPSA) is 75.4 Å². The first-order valence-electron chi connectivity index (χ1n) is 4.74. The van der Waals surface area contributed by atoms with Crippen molar-refractivity contribution in [2.24, 2.45) is 5.73 Å². The third-order valence-corrected chi connectivity index (χ3v) is 1.77. The Kier molecular flexibility index (Phi) is 3.31. The predicted octanol–water partition coefficient (Wildman–Crippen LogP) is 1.46. The van der Waals surface area contributed by atoms with E-state index in [1.807, 2.05) is 0 Å². The number of phenols is 1. The van der Waals surface area contributed by atoms with Gasteiger partial charge in [0, 0.05) is 17.6 Å². The Bertz CT molecular complexity index is 339. The average molecular weight is 208 g/mol. The molecule has 4 N–H and O–H groups in total. The summed E-state index contributed by atoms with van der Waals surface area (Å²) in [6.07, 6.45) is 0.258. The number of carbonyl (C=O) groups excluding carboxylic acids is 1. The number of rotatable bonds is 3. The molecule has 1 amide bonds. The van der Waals surface area contributed by atoms with Crippen LogP contribution < -0.4 is 11.1 Å². The van der Waals surface area contributed by atoms with Crippen molar-refractivity contribution >= 4 is 11.6 Å². The quantitative estimate of drug-likeness (QED) is 0.658. The summed E-state index contributed by atoms with van der Waals surface area (Å²) in [5, 5.41) is 11.7. The van der Waals surface area contributed by atoms with Gasteiger partial charge in [-0.25, -0.2) is 0 Å². The molecule has 4 nitrogen and oxygen atoms in total. The number of phenolic OH excluding ortho intramolecular Hbond substituents is 1. The van der Waals surface area contributed by atoms with Gasteiger partial charge in [-0.1, -0.05) is 0 Å². The Hall–Kier alpha value is -1.55. The molecule has 1 aromatic carbocycles. The minimum atomic E-state index is -0.513. The summed E-state index contributed by atoms with van der Waals surface area (Å²) < 4.78 is 0. The lowest BCUT2D eigenvalue weighted by Gasteiger charge is -2.17. The number of benzene rings is 1. The second-order valence-corrected chi connectivity index (χ2v) is 4.26. The van der Waals surface area contributed by atoms with E-state index >= 15 is 0 Å². The van der Waals surface area contributed by atoms with E-state index < -0.39 is 5.54 Å². The molecule has 0 saturated carbocycles. The molecule has 0 saturated heterocycles. The van der Waals surface area contributed by atoms with E-state index in [1.165, 1.54) is 12.1 Å². The zero-order valence-electron chi connectivity index (χ0n) is 8.95. The summed E-state index contributed by atoms with van der Waals surface area (Å²) in [5.41, 5.74) is 5.86. The molecule has 0 aliphatic rings. The summed E-state index contributed by atoms with van der Waals surface area (Å²) in [6.45, 7) is 3.59. The normalized spacial score (nSPS) is 11.1. The first-order valence-corrected chi connectivity index (χ1v) is 4.74. The van der Waals surface area contributed by atoms with Gasteiger partial charge in [0.25, 0.3) is 0 Å². The second kappa shape index (κ2) is 4.31. The van der Waals surface area contributed by atoms with Crippen molar-refractivity contribution in [2.75, 3.05) is 5.32 Å². The number of aromatic hydroxyl groups is 1. The summed E-state index contributed by atoms with van der Waals surface area (Å²) in [6, 6.07) is 6.31. The van der Waals surface area contributed by atoms with Crippen molar-refractivity contribution in [3.63, 3.8) is 0 Å². The van der Waals surface area contributed by atoms with Crippen LogP contribution in [0.3, 0.4) is 0 Å². The zero-order chi connectivity index (χ0) is 11.5. The molecule has 0 aromatic heterocycles. The first kappa shape index (κ1) is 11.5. The zero-order valence-corrected chi connectivity index (χ0v) is 8.95. The van der Waals surface area contributed by atoms with E-state index in [4.69, 9.17) is 10.8 Å². The van der Waals surface area contributed by atoms with Gasteiger partial charge < -0.3 is 16.2 Å². The Balaban J connectivity index is 2.55. The van der Waals surface area contributed by atoms with Crippen LogP contribution in [0, 0.1) is 0 Å². The first-order chi connectivity index (χ1) is 6.87. The van der Waals surface area contributed by atoms with E-state index in [1.54, 1.807) is 26.0 Å². The Morgan fingerprint density at radius 2 is 1.93 bits per heavy atom. The van der Waals surface area contributed by atoms with Crippen molar-refractivity contribution in [3.05, 3.63) is 24.3 Å². The van der Waals surface area contributed by atoms with Crippen LogP contribution in [-0.4, -0.2) is 16.6 Å². The van der Waals surface area contributed by atoms with Gasteiger partial charge in [-0.2, -0.15) is 0 Å². The van der Waals surface area contributed by atoms with Gasteiger partial charge in [-0.05, 0) is 38.1 Å². The van der Waals surface area contributed by atoms with Crippen LogP contribution in [0.2, 0.25) is 0 Å². The third-order valence-electron chi connectivity index (χ3n) is 1.77. The average Bonchev–Trinajstić information content (AvgIpc) is 2.05. The highest BCUT2D eigenvalue weighted by Crippen LogP contribution is 2.14. The molecule has 15 heavy (non-hydrogen) atoms. The summed E-state index contributed by atoms with van der Waals surface area (Å²) in [7, 11) is 0. The molecule has 0 atom stereocenters. The Morgan fingerprint density at radius 1 is 1.40 bits per heavy atom. The molecule has 1 aromatic rings. The van der Waals surface area contributed by atoms with Crippen LogP contribution in [0.4, 0.5) is 5.69 Å². The number of nitrogens with one attached hydrogen (secondary N) is 1. The van der Waals surface area contributed by atoms with Gasteiger partial charge >= 0.3 is 0 Å². The molecule has 1 rings (SSSR count). The minimum absolute atomic E-state index is 0.131. The SMILES string of the molecule is CC(C)(N)CC(=O)Nc1ccc(O)cc1. The molecule has 0 aliphatic carbocycles. The fraction of sp³-hybridized carbons (Fsp3) is 0.364. The van der Waals surface area contributed by atoms with Crippen molar-refractivity contribution < 1.29 is 9.90 Å². The standard InChI is InChI=1S/C11H16N2O2/c1-11(2,12)7-10(15)13-8-3-5-9(14)6-4-8/h3-6,14H,7,12H2,1-2H3,(H,13,15). The van der Waals surface area contributed by atoms with E-state index in [0.29, 0.717) is 5.69 Å². The number of carbonyl (C=O) groups is 1. The number of hydrogen-bond acceptors (Lipinski definition) is 3. The van der Waals surface area contributed by atoms with Gasteiger partial charge in [0.2, 0.25) is 5.91 Å². The van der Waals surface area contributed by atoms with Crippen LogP contribution in [0.25, 0.3) is 0 Å². The molecule has 0 heterocycles. The molecular formula is C11H16N2O2. The second-order valence-electron chi connectivity index (χ2n) is 4.26. The maximum atomic E-state index is 11.5. The lowest BCUT2D eigenvalue weighted by molar-refractivity contribution is -0.117. The Morgan fingerprint density at radius 3 is 2.40 bits per heavy atom. The Labute approximate surface area is 89.1 Å². The van der Waals surface area contributed by atoms with E-state index in [2.05, 4.69) is 5.32 Å². The molecule has 0 unspecified atom stereocenters. The monoisotopic (exact) mass is 208 g/mol. The highest BCUT2D eigenvalue weighted by Gasteiger charge is 2.16. The van der Waals surface area contributed by atoms with Gasteiger partial charge in [-0.15, -0.1) is 0 Å². The van der Waals surface area contributed by atoms with Crippen LogP contribution in [0.5, 0.6) is 5.75 Å². The molecule has 0 radical (unpaired) electrons. The molecule has 0 spiro atoms. The van der Waals surface area contributed by atoms with Crippen LogP contribution in [-0.2, 0) is 4.79 Å². The molecule has 0 aliphatic heterocycles. The summed E-state index contributed by atoms with van der Waals surface area (Å²) in [5.74, 6) is 0.0420. The van der Waals surface area contributed by atoms with Crippen molar-refractivity contribution in [3.8, 4) is 5.75 Å². The number of amides is 1. The van der Waals surface area contributed by atoms with E-state index in [9.17, 15) is 4.79 Å². The van der Waals surface area contributed by atoms with Gasteiger partial charge in [0.05, 0.1) is 0 Å². The van der Waals surface area contributed by atoms with Crippen molar-refractivity contribution in [2.45, 2.75) is 25.8 Å². The molecule has 82 valence electrons. The van der Waals surface area contributed by atoms with Crippen LogP contribution >= 0.6 is 0 Å². The lowest BCUT2D eigenvalue weighted by atomic mass is 10.0. The molecule has 0 bridgehead atoms. The highest BCUT2D eigenvalue weighted by atomic mass is 16.3. The van der Waals surface area contributed by atoms with Crippen LogP contribution in [0.1, 0.15) is 20.3 Å². The molecular weight excluding hydrogens is 192 g/mol. The van der Waals surface area contributed by atoms with Gasteiger partial charge in [0.15, 0.2) is 0 Å². The molecule has 4 heteroatoms. The number of anilines is 1. The van der Waals surface area contributed by atoms with E-state index in [-0.39, 0.29) is 18.1 Å². The summed E-state index contributed by atoms with van der Waals surface area (Å²) in [4.78, 5) is 11.5. The van der Waals surface area contributed by atoms with Gasteiger partial charge in [-0.3, -0.25) is 4.79 Å². The maximum Gasteiger partial charge on any atom is 0.226 e. The highest BCUT2D eigenvalue weighted by molar-refractivity contribution is 5.91.